The van der Waals surface area contributed by atoms with Gasteiger partial charge in [-0.1, -0.05) is 6.07 Å². The van der Waals surface area contributed by atoms with E-state index in [0.717, 1.165) is 16.8 Å². The van der Waals surface area contributed by atoms with Gasteiger partial charge >= 0.3 is 0 Å². The summed E-state index contributed by atoms with van der Waals surface area (Å²) in [5.74, 6) is -0.153. The Balaban J connectivity index is 2.81. The summed E-state index contributed by atoms with van der Waals surface area (Å²) in [7, 11) is 0. The van der Waals surface area contributed by atoms with Crippen LogP contribution in [-0.4, -0.2) is 4.98 Å². The molecule has 2 aromatic rings. The number of rotatable bonds is 1. The predicted molar refractivity (Wildman–Crippen MR) is 75.9 cm³/mol. The zero-order chi connectivity index (χ0) is 14.2. The van der Waals surface area contributed by atoms with Crippen molar-refractivity contribution in [1.29, 1.82) is 5.26 Å². The average molecular weight is 320 g/mol. The highest BCUT2D eigenvalue weighted by Crippen LogP contribution is 2.33. The minimum absolute atomic E-state index is 0.195. The number of nitriles is 1. The third-order valence-electron chi connectivity index (χ3n) is 3.03. The fraction of sp³-hybridized carbons (Fsp3) is 0.143. The molecule has 0 saturated heterocycles. The third-order valence-corrected chi connectivity index (χ3v) is 3.64. The topological polar surface area (TPSA) is 62.7 Å². The van der Waals surface area contributed by atoms with E-state index < -0.39 is 0 Å². The van der Waals surface area contributed by atoms with Crippen molar-refractivity contribution in [3.8, 4) is 17.2 Å². The fourth-order valence-corrected chi connectivity index (χ4v) is 2.32. The summed E-state index contributed by atoms with van der Waals surface area (Å²) in [6, 6.07) is 6.68. The molecule has 0 atom stereocenters. The Morgan fingerprint density at radius 3 is 2.63 bits per heavy atom. The number of nitrogens with zero attached hydrogens (tertiary/aromatic N) is 2. The maximum absolute atomic E-state index is 13.3. The number of nitrogen functional groups attached to an aromatic ring is 1. The van der Waals surface area contributed by atoms with Crippen LogP contribution in [0, 0.1) is 31.0 Å². The van der Waals surface area contributed by atoms with Crippen molar-refractivity contribution >= 4 is 21.7 Å². The van der Waals surface area contributed by atoms with Gasteiger partial charge in [0.2, 0.25) is 0 Å². The van der Waals surface area contributed by atoms with Crippen molar-refractivity contribution in [3.05, 3.63) is 45.3 Å². The van der Waals surface area contributed by atoms with Gasteiger partial charge in [-0.25, -0.2) is 9.37 Å². The number of halogens is 2. The zero-order valence-electron chi connectivity index (χ0n) is 10.5. The van der Waals surface area contributed by atoms with Gasteiger partial charge in [0.15, 0.2) is 0 Å². The molecule has 0 aliphatic rings. The Kier molecular flexibility index (Phi) is 3.54. The SMILES string of the molecule is Cc1nc(N)c(C#N)c(-c2ccc(F)c(Br)c2)c1C. The molecule has 0 spiro atoms. The molecule has 1 aromatic heterocycles. The van der Waals surface area contributed by atoms with Crippen molar-refractivity contribution in [1.82, 2.24) is 4.98 Å². The van der Waals surface area contributed by atoms with E-state index in [9.17, 15) is 9.65 Å². The summed E-state index contributed by atoms with van der Waals surface area (Å²) in [6.07, 6.45) is 0. The number of anilines is 1. The van der Waals surface area contributed by atoms with Crippen LogP contribution in [0.5, 0.6) is 0 Å². The summed E-state index contributed by atoms with van der Waals surface area (Å²) in [5, 5.41) is 9.24. The van der Waals surface area contributed by atoms with Gasteiger partial charge in [-0.05, 0) is 53.0 Å². The summed E-state index contributed by atoms with van der Waals surface area (Å²) < 4.78 is 13.7. The Labute approximate surface area is 119 Å². The predicted octanol–water partition coefficient (Wildman–Crippen LogP) is 3.72. The molecular weight excluding hydrogens is 309 g/mol. The van der Waals surface area contributed by atoms with Crippen molar-refractivity contribution in [3.63, 3.8) is 0 Å². The van der Waals surface area contributed by atoms with E-state index in [1.54, 1.807) is 12.1 Å². The minimum Gasteiger partial charge on any atom is -0.383 e. The van der Waals surface area contributed by atoms with Crippen molar-refractivity contribution in [2.24, 2.45) is 0 Å². The number of aromatic nitrogens is 1. The molecule has 0 unspecified atom stereocenters. The van der Waals surface area contributed by atoms with E-state index in [1.807, 2.05) is 13.8 Å². The average Bonchev–Trinajstić information content (AvgIpc) is 2.37. The van der Waals surface area contributed by atoms with E-state index in [-0.39, 0.29) is 11.6 Å². The lowest BCUT2D eigenvalue weighted by molar-refractivity contribution is 0.621. The standard InChI is InChI=1S/C14H11BrFN3/c1-7-8(2)19-14(18)10(6-17)13(7)9-3-4-12(16)11(15)5-9/h3-5H,1-2H3,(H2,18,19). The zero-order valence-corrected chi connectivity index (χ0v) is 12.0. The van der Waals surface area contributed by atoms with Crippen LogP contribution in [0.25, 0.3) is 11.1 Å². The van der Waals surface area contributed by atoms with E-state index in [1.165, 1.54) is 6.07 Å². The van der Waals surface area contributed by atoms with Crippen LogP contribution in [0.1, 0.15) is 16.8 Å². The maximum Gasteiger partial charge on any atom is 0.142 e. The lowest BCUT2D eigenvalue weighted by Gasteiger charge is -2.13. The third kappa shape index (κ3) is 2.32. The van der Waals surface area contributed by atoms with E-state index in [2.05, 4.69) is 27.0 Å². The second-order valence-electron chi connectivity index (χ2n) is 4.20. The number of benzene rings is 1. The van der Waals surface area contributed by atoms with Gasteiger partial charge in [-0.3, -0.25) is 0 Å². The van der Waals surface area contributed by atoms with Crippen molar-refractivity contribution in [2.75, 3.05) is 5.73 Å². The molecule has 0 bridgehead atoms. The summed E-state index contributed by atoms with van der Waals surface area (Å²) >= 11 is 3.15. The van der Waals surface area contributed by atoms with Crippen molar-refractivity contribution in [2.45, 2.75) is 13.8 Å². The van der Waals surface area contributed by atoms with Gasteiger partial charge in [0.05, 0.1) is 4.47 Å². The Hall–Kier alpha value is -1.93. The van der Waals surface area contributed by atoms with Gasteiger partial charge in [0.25, 0.3) is 0 Å². The maximum atomic E-state index is 13.3. The molecule has 2 rings (SSSR count). The Morgan fingerprint density at radius 1 is 1.37 bits per heavy atom. The van der Waals surface area contributed by atoms with Gasteiger partial charge in [0.1, 0.15) is 23.3 Å². The molecule has 19 heavy (non-hydrogen) atoms. The number of aryl methyl sites for hydroxylation is 1. The first-order chi connectivity index (χ1) is 8.95. The van der Waals surface area contributed by atoms with Gasteiger partial charge in [0, 0.05) is 11.3 Å². The summed E-state index contributed by atoms with van der Waals surface area (Å²) in [6.45, 7) is 3.70. The van der Waals surface area contributed by atoms with Crippen LogP contribution < -0.4 is 5.73 Å². The quantitative estimate of drug-likeness (QED) is 0.871. The molecule has 3 nitrogen and oxygen atoms in total. The molecule has 0 aliphatic carbocycles. The molecule has 5 heteroatoms. The van der Waals surface area contributed by atoms with Crippen LogP contribution in [-0.2, 0) is 0 Å². The van der Waals surface area contributed by atoms with E-state index >= 15 is 0 Å². The van der Waals surface area contributed by atoms with Gasteiger partial charge in [-0.2, -0.15) is 5.26 Å². The molecule has 0 saturated carbocycles. The number of hydrogen-bond acceptors (Lipinski definition) is 3. The number of pyridine rings is 1. The molecular formula is C14H11BrFN3. The molecule has 0 fully saturated rings. The van der Waals surface area contributed by atoms with Crippen LogP contribution in [0.3, 0.4) is 0 Å². The first-order valence-electron chi connectivity index (χ1n) is 5.58. The number of hydrogen-bond donors (Lipinski definition) is 1. The monoisotopic (exact) mass is 319 g/mol. The highest BCUT2D eigenvalue weighted by atomic mass is 79.9. The van der Waals surface area contributed by atoms with Crippen molar-refractivity contribution < 1.29 is 4.39 Å². The second-order valence-corrected chi connectivity index (χ2v) is 5.05. The highest BCUT2D eigenvalue weighted by molar-refractivity contribution is 9.10. The molecule has 0 amide bonds. The first-order valence-corrected chi connectivity index (χ1v) is 6.37. The number of nitrogens with two attached hydrogens (primary N) is 1. The molecule has 1 heterocycles. The molecule has 2 N–H and O–H groups in total. The normalized spacial score (nSPS) is 10.3. The lowest BCUT2D eigenvalue weighted by atomic mass is 9.95. The Morgan fingerprint density at radius 2 is 2.05 bits per heavy atom. The summed E-state index contributed by atoms with van der Waals surface area (Å²) in [5.41, 5.74) is 9.17. The largest absolute Gasteiger partial charge is 0.383 e. The van der Waals surface area contributed by atoms with Gasteiger partial charge in [-0.15, -0.1) is 0 Å². The molecule has 96 valence electrons. The molecule has 0 aliphatic heterocycles. The highest BCUT2D eigenvalue weighted by Gasteiger charge is 2.16. The minimum atomic E-state index is -0.348. The van der Waals surface area contributed by atoms with Crippen LogP contribution in [0.15, 0.2) is 22.7 Å². The molecule has 1 aromatic carbocycles. The summed E-state index contributed by atoms with van der Waals surface area (Å²) in [4.78, 5) is 4.14. The van der Waals surface area contributed by atoms with Crippen LogP contribution in [0.4, 0.5) is 10.2 Å². The van der Waals surface area contributed by atoms with Gasteiger partial charge < -0.3 is 5.73 Å². The van der Waals surface area contributed by atoms with E-state index in [0.29, 0.717) is 15.6 Å². The van der Waals surface area contributed by atoms with Crippen LogP contribution >= 0.6 is 15.9 Å². The lowest BCUT2D eigenvalue weighted by Crippen LogP contribution is -2.03. The Bertz CT molecular complexity index is 705. The van der Waals surface area contributed by atoms with Crippen LogP contribution in [0.2, 0.25) is 0 Å². The fourth-order valence-electron chi connectivity index (χ4n) is 1.94. The molecule has 0 radical (unpaired) electrons. The van der Waals surface area contributed by atoms with E-state index in [4.69, 9.17) is 5.73 Å². The second kappa shape index (κ2) is 4.98. The first kappa shape index (κ1) is 13.5. The smallest absolute Gasteiger partial charge is 0.142 e.